The lowest BCUT2D eigenvalue weighted by atomic mass is 10.00. The summed E-state index contributed by atoms with van der Waals surface area (Å²) in [6.07, 6.45) is 2.01. The third kappa shape index (κ3) is 3.02. The third-order valence-electron chi connectivity index (χ3n) is 4.48. The van der Waals surface area contributed by atoms with Crippen molar-refractivity contribution in [2.24, 2.45) is 12.8 Å². The highest BCUT2D eigenvalue weighted by Crippen LogP contribution is 2.36. The number of nitrogens with zero attached hydrogens (tertiary/aromatic N) is 1. The SMILES string of the molecule is Cc1ccc(COc2c(F)ccc3c2c(C(C)CN)cn3C)cc1. The topological polar surface area (TPSA) is 40.2 Å². The molecule has 0 saturated heterocycles. The fraction of sp³-hybridized carbons (Fsp3) is 0.300. The van der Waals surface area contributed by atoms with Gasteiger partial charge in [-0.05, 0) is 42.6 Å². The second kappa shape index (κ2) is 6.65. The first-order valence-corrected chi connectivity index (χ1v) is 8.17. The highest BCUT2D eigenvalue weighted by atomic mass is 19.1. The number of nitrogens with two attached hydrogens (primary N) is 1. The summed E-state index contributed by atoms with van der Waals surface area (Å²) in [5.74, 6) is 0.104. The molecule has 4 heteroatoms. The second-order valence-corrected chi connectivity index (χ2v) is 6.38. The smallest absolute Gasteiger partial charge is 0.165 e. The normalized spacial score (nSPS) is 12.5. The van der Waals surface area contributed by atoms with Gasteiger partial charge in [0.25, 0.3) is 0 Å². The Morgan fingerprint density at radius 1 is 1.17 bits per heavy atom. The molecular weight excluding hydrogens is 303 g/mol. The average Bonchev–Trinajstić information content (AvgIpc) is 2.92. The molecule has 1 heterocycles. The van der Waals surface area contributed by atoms with Crippen molar-refractivity contribution < 1.29 is 9.13 Å². The van der Waals surface area contributed by atoms with Crippen molar-refractivity contribution >= 4 is 10.9 Å². The van der Waals surface area contributed by atoms with Crippen LogP contribution in [0.1, 0.15) is 29.5 Å². The first-order chi connectivity index (χ1) is 11.5. The molecule has 24 heavy (non-hydrogen) atoms. The molecule has 0 radical (unpaired) electrons. The van der Waals surface area contributed by atoms with Gasteiger partial charge in [0, 0.05) is 18.6 Å². The minimum Gasteiger partial charge on any atom is -0.485 e. The summed E-state index contributed by atoms with van der Waals surface area (Å²) in [4.78, 5) is 0. The van der Waals surface area contributed by atoms with Crippen LogP contribution in [0.4, 0.5) is 4.39 Å². The predicted molar refractivity (Wildman–Crippen MR) is 95.9 cm³/mol. The largest absolute Gasteiger partial charge is 0.485 e. The zero-order chi connectivity index (χ0) is 17.3. The van der Waals surface area contributed by atoms with Crippen LogP contribution in [0.2, 0.25) is 0 Å². The predicted octanol–water partition coefficient (Wildman–Crippen LogP) is 4.27. The molecule has 0 fully saturated rings. The summed E-state index contributed by atoms with van der Waals surface area (Å²) in [6, 6.07) is 11.3. The first-order valence-electron chi connectivity index (χ1n) is 8.17. The summed E-state index contributed by atoms with van der Waals surface area (Å²) >= 11 is 0. The van der Waals surface area contributed by atoms with Crippen LogP contribution in [-0.4, -0.2) is 11.1 Å². The average molecular weight is 326 g/mol. The van der Waals surface area contributed by atoms with Crippen molar-refractivity contribution in [3.63, 3.8) is 0 Å². The number of aryl methyl sites for hydroxylation is 2. The van der Waals surface area contributed by atoms with Gasteiger partial charge in [0.15, 0.2) is 11.6 Å². The molecule has 0 amide bonds. The Labute approximate surface area is 141 Å². The molecule has 0 spiro atoms. The first kappa shape index (κ1) is 16.5. The number of hydrogen-bond acceptors (Lipinski definition) is 2. The Balaban J connectivity index is 2.02. The van der Waals surface area contributed by atoms with Crippen molar-refractivity contribution in [1.82, 2.24) is 4.57 Å². The number of benzene rings is 2. The molecule has 3 rings (SSSR count). The zero-order valence-electron chi connectivity index (χ0n) is 14.3. The van der Waals surface area contributed by atoms with E-state index in [9.17, 15) is 4.39 Å². The zero-order valence-corrected chi connectivity index (χ0v) is 14.3. The molecule has 1 aromatic heterocycles. The molecule has 1 atom stereocenters. The fourth-order valence-electron chi connectivity index (χ4n) is 2.94. The molecule has 0 aliphatic rings. The minimum atomic E-state index is -0.341. The lowest BCUT2D eigenvalue weighted by molar-refractivity contribution is 0.294. The quantitative estimate of drug-likeness (QED) is 0.761. The molecule has 2 aromatic carbocycles. The number of rotatable bonds is 5. The summed E-state index contributed by atoms with van der Waals surface area (Å²) in [6.45, 7) is 4.92. The van der Waals surface area contributed by atoms with Crippen LogP contribution in [0.25, 0.3) is 10.9 Å². The fourth-order valence-corrected chi connectivity index (χ4v) is 2.94. The van der Waals surface area contributed by atoms with Gasteiger partial charge in [-0.25, -0.2) is 4.39 Å². The van der Waals surface area contributed by atoms with Gasteiger partial charge < -0.3 is 15.0 Å². The number of aromatic nitrogens is 1. The Morgan fingerprint density at radius 3 is 2.54 bits per heavy atom. The Bertz CT molecular complexity index is 852. The van der Waals surface area contributed by atoms with E-state index in [1.54, 1.807) is 6.07 Å². The summed E-state index contributed by atoms with van der Waals surface area (Å²) in [5, 5.41) is 0.822. The third-order valence-corrected chi connectivity index (χ3v) is 4.48. The van der Waals surface area contributed by atoms with Crippen LogP contribution >= 0.6 is 0 Å². The summed E-state index contributed by atoms with van der Waals surface area (Å²) < 4.78 is 22.4. The van der Waals surface area contributed by atoms with Crippen LogP contribution in [0, 0.1) is 12.7 Å². The molecule has 0 aliphatic carbocycles. The van der Waals surface area contributed by atoms with E-state index >= 15 is 0 Å². The second-order valence-electron chi connectivity index (χ2n) is 6.38. The number of ether oxygens (including phenoxy) is 1. The van der Waals surface area contributed by atoms with Crippen molar-refractivity contribution in [1.29, 1.82) is 0 Å². The van der Waals surface area contributed by atoms with Gasteiger partial charge in [0.2, 0.25) is 0 Å². The highest BCUT2D eigenvalue weighted by Gasteiger charge is 2.19. The monoisotopic (exact) mass is 326 g/mol. The number of halogens is 1. The molecule has 2 N–H and O–H groups in total. The Hall–Kier alpha value is -2.33. The van der Waals surface area contributed by atoms with E-state index in [0.29, 0.717) is 18.9 Å². The molecule has 126 valence electrons. The van der Waals surface area contributed by atoms with E-state index in [0.717, 1.165) is 22.0 Å². The Morgan fingerprint density at radius 2 is 1.88 bits per heavy atom. The van der Waals surface area contributed by atoms with Gasteiger partial charge in [-0.3, -0.25) is 0 Å². The van der Waals surface area contributed by atoms with Gasteiger partial charge in [-0.15, -0.1) is 0 Å². The molecular formula is C20H23FN2O. The number of hydrogen-bond donors (Lipinski definition) is 1. The van der Waals surface area contributed by atoms with Crippen LogP contribution in [-0.2, 0) is 13.7 Å². The van der Waals surface area contributed by atoms with Gasteiger partial charge in [0.1, 0.15) is 6.61 Å². The molecule has 0 aliphatic heterocycles. The van der Waals surface area contributed by atoms with Crippen LogP contribution in [0.3, 0.4) is 0 Å². The molecule has 3 nitrogen and oxygen atoms in total. The highest BCUT2D eigenvalue weighted by molar-refractivity contribution is 5.90. The molecule has 3 aromatic rings. The maximum absolute atomic E-state index is 14.5. The molecule has 0 bridgehead atoms. The van der Waals surface area contributed by atoms with Gasteiger partial charge in [-0.2, -0.15) is 0 Å². The van der Waals surface area contributed by atoms with Crippen molar-refractivity contribution in [2.75, 3.05) is 6.54 Å². The van der Waals surface area contributed by atoms with Gasteiger partial charge in [-0.1, -0.05) is 36.8 Å². The van der Waals surface area contributed by atoms with Crippen molar-refractivity contribution in [2.45, 2.75) is 26.4 Å². The maximum atomic E-state index is 14.5. The standard InChI is InChI=1S/C20H23FN2O/c1-13-4-6-15(7-5-13)12-24-20-17(21)8-9-18-19(20)16(11-23(18)3)14(2)10-22/h4-9,11,14H,10,12,22H2,1-3H3. The van der Waals surface area contributed by atoms with Crippen LogP contribution in [0.5, 0.6) is 5.75 Å². The van der Waals surface area contributed by atoms with Crippen molar-refractivity contribution in [3.05, 3.63) is 65.1 Å². The van der Waals surface area contributed by atoms with E-state index < -0.39 is 0 Å². The van der Waals surface area contributed by atoms with E-state index in [-0.39, 0.29) is 11.7 Å². The van der Waals surface area contributed by atoms with E-state index in [1.807, 2.05) is 55.9 Å². The van der Waals surface area contributed by atoms with E-state index in [4.69, 9.17) is 10.5 Å². The van der Waals surface area contributed by atoms with Crippen LogP contribution in [0.15, 0.2) is 42.6 Å². The van der Waals surface area contributed by atoms with E-state index in [2.05, 4.69) is 0 Å². The van der Waals surface area contributed by atoms with Gasteiger partial charge in [0.05, 0.1) is 5.52 Å². The Kier molecular flexibility index (Phi) is 4.58. The summed E-state index contributed by atoms with van der Waals surface area (Å²) in [5.41, 5.74) is 10.0. The van der Waals surface area contributed by atoms with Crippen LogP contribution < -0.4 is 10.5 Å². The van der Waals surface area contributed by atoms with Crippen molar-refractivity contribution in [3.8, 4) is 5.75 Å². The maximum Gasteiger partial charge on any atom is 0.165 e. The minimum absolute atomic E-state index is 0.136. The lowest BCUT2D eigenvalue weighted by Crippen LogP contribution is -2.09. The lowest BCUT2D eigenvalue weighted by Gasteiger charge is -2.13. The van der Waals surface area contributed by atoms with E-state index in [1.165, 1.54) is 11.6 Å². The van der Waals surface area contributed by atoms with Gasteiger partial charge >= 0.3 is 0 Å². The number of fused-ring (bicyclic) bond motifs is 1. The summed E-state index contributed by atoms with van der Waals surface area (Å²) in [7, 11) is 1.96. The molecule has 0 saturated carbocycles. The molecule has 1 unspecified atom stereocenters.